The summed E-state index contributed by atoms with van der Waals surface area (Å²) in [5, 5.41) is 5.98. The lowest BCUT2D eigenvalue weighted by atomic mass is 10.2. The predicted molar refractivity (Wildman–Crippen MR) is 76.6 cm³/mol. The summed E-state index contributed by atoms with van der Waals surface area (Å²) >= 11 is 0. The van der Waals surface area contributed by atoms with Gasteiger partial charge in [0.1, 0.15) is 0 Å². The number of para-hydroxylation sites is 2. The molecule has 0 aliphatic carbocycles. The van der Waals surface area contributed by atoms with Gasteiger partial charge in [0.2, 0.25) is 5.91 Å². The zero-order chi connectivity index (χ0) is 13.5. The number of rotatable bonds is 5. The van der Waals surface area contributed by atoms with Crippen LogP contribution >= 0.6 is 0 Å². The van der Waals surface area contributed by atoms with Gasteiger partial charge in [-0.1, -0.05) is 19.1 Å². The molecule has 0 bridgehead atoms. The molecule has 2 N–H and O–H groups in total. The van der Waals surface area contributed by atoms with Crippen molar-refractivity contribution in [3.8, 4) is 0 Å². The third kappa shape index (κ3) is 3.94. The van der Waals surface area contributed by atoms with Gasteiger partial charge < -0.3 is 20.3 Å². The quantitative estimate of drug-likeness (QED) is 0.834. The molecule has 0 unspecified atom stereocenters. The molecule has 0 saturated carbocycles. The van der Waals surface area contributed by atoms with E-state index in [9.17, 15) is 4.79 Å². The second kappa shape index (κ2) is 7.11. The van der Waals surface area contributed by atoms with Gasteiger partial charge in [-0.25, -0.2) is 0 Å². The first-order chi connectivity index (χ1) is 9.31. The lowest BCUT2D eigenvalue weighted by Gasteiger charge is -2.30. The van der Waals surface area contributed by atoms with Gasteiger partial charge in [0.05, 0.1) is 31.1 Å². The minimum Gasteiger partial charge on any atom is -0.378 e. The van der Waals surface area contributed by atoms with Crippen LogP contribution in [0.1, 0.15) is 6.92 Å². The molecule has 1 fully saturated rings. The number of carbonyl (C=O) groups is 1. The molecule has 5 heteroatoms. The number of anilines is 2. The van der Waals surface area contributed by atoms with E-state index in [0.29, 0.717) is 6.54 Å². The molecular weight excluding hydrogens is 242 g/mol. The number of ether oxygens (including phenoxy) is 1. The lowest BCUT2D eigenvalue weighted by molar-refractivity contribution is -0.115. The summed E-state index contributed by atoms with van der Waals surface area (Å²) in [5.41, 5.74) is 1.93. The van der Waals surface area contributed by atoms with E-state index in [1.54, 1.807) is 0 Å². The molecule has 1 aliphatic heterocycles. The van der Waals surface area contributed by atoms with Crippen molar-refractivity contribution in [1.82, 2.24) is 5.32 Å². The van der Waals surface area contributed by atoms with Gasteiger partial charge in [-0.15, -0.1) is 0 Å². The van der Waals surface area contributed by atoms with Crippen molar-refractivity contribution in [3.63, 3.8) is 0 Å². The number of nitrogens with zero attached hydrogens (tertiary/aromatic N) is 1. The molecule has 19 heavy (non-hydrogen) atoms. The summed E-state index contributed by atoms with van der Waals surface area (Å²) in [6.45, 7) is 6.31. The Kier molecular flexibility index (Phi) is 5.18. The molecule has 0 spiro atoms. The van der Waals surface area contributed by atoms with Crippen LogP contribution < -0.4 is 15.5 Å². The molecule has 104 valence electrons. The fourth-order valence-corrected chi connectivity index (χ4v) is 2.09. The van der Waals surface area contributed by atoms with E-state index in [0.717, 1.165) is 44.2 Å². The predicted octanol–water partition coefficient (Wildman–Crippen LogP) is 1.07. The number of benzene rings is 1. The summed E-state index contributed by atoms with van der Waals surface area (Å²) in [6, 6.07) is 7.90. The van der Waals surface area contributed by atoms with Crippen LogP contribution in [0.5, 0.6) is 0 Å². The van der Waals surface area contributed by atoms with Crippen LogP contribution in [0, 0.1) is 0 Å². The Balaban J connectivity index is 2.05. The average Bonchev–Trinajstić information content (AvgIpc) is 2.46. The normalized spacial score (nSPS) is 15.3. The summed E-state index contributed by atoms with van der Waals surface area (Å²) < 4.78 is 5.36. The number of morpholine rings is 1. The van der Waals surface area contributed by atoms with Crippen LogP contribution in [0.25, 0.3) is 0 Å². The minimum atomic E-state index is -0.0115. The van der Waals surface area contributed by atoms with Crippen LogP contribution in [-0.4, -0.2) is 45.3 Å². The molecule has 5 nitrogen and oxygen atoms in total. The van der Waals surface area contributed by atoms with Crippen molar-refractivity contribution in [2.24, 2.45) is 0 Å². The number of likely N-dealkylation sites (N-methyl/N-ethyl adjacent to an activating group) is 1. The van der Waals surface area contributed by atoms with E-state index in [1.165, 1.54) is 0 Å². The molecule has 1 saturated heterocycles. The van der Waals surface area contributed by atoms with Crippen molar-refractivity contribution in [2.75, 3.05) is 49.6 Å². The van der Waals surface area contributed by atoms with E-state index in [2.05, 4.69) is 15.5 Å². The summed E-state index contributed by atoms with van der Waals surface area (Å²) in [4.78, 5) is 14.0. The Morgan fingerprint density at radius 3 is 2.79 bits per heavy atom. The molecule has 1 aliphatic rings. The first-order valence-corrected chi connectivity index (χ1v) is 6.73. The van der Waals surface area contributed by atoms with Gasteiger partial charge in [0.15, 0.2) is 0 Å². The first kappa shape index (κ1) is 13.8. The second-order valence-corrected chi connectivity index (χ2v) is 4.45. The highest BCUT2D eigenvalue weighted by molar-refractivity contribution is 5.95. The van der Waals surface area contributed by atoms with Crippen LogP contribution in [0.4, 0.5) is 11.4 Å². The highest BCUT2D eigenvalue weighted by Gasteiger charge is 2.15. The number of hydrogen-bond acceptors (Lipinski definition) is 4. The zero-order valence-electron chi connectivity index (χ0n) is 11.3. The van der Waals surface area contributed by atoms with Gasteiger partial charge in [-0.3, -0.25) is 4.79 Å². The fourth-order valence-electron chi connectivity index (χ4n) is 2.09. The Morgan fingerprint density at radius 1 is 1.32 bits per heavy atom. The van der Waals surface area contributed by atoms with E-state index >= 15 is 0 Å². The molecular formula is C14H21N3O2. The molecule has 0 aromatic heterocycles. The van der Waals surface area contributed by atoms with E-state index in [4.69, 9.17) is 4.74 Å². The summed E-state index contributed by atoms with van der Waals surface area (Å²) in [7, 11) is 0. The highest BCUT2D eigenvalue weighted by Crippen LogP contribution is 2.26. The maximum atomic E-state index is 11.8. The molecule has 2 rings (SSSR count). The fraction of sp³-hybridized carbons (Fsp3) is 0.500. The van der Waals surface area contributed by atoms with Crippen molar-refractivity contribution < 1.29 is 9.53 Å². The smallest absolute Gasteiger partial charge is 0.238 e. The topological polar surface area (TPSA) is 53.6 Å². The van der Waals surface area contributed by atoms with E-state index in [-0.39, 0.29) is 5.91 Å². The Bertz CT molecular complexity index is 417. The average molecular weight is 263 g/mol. The Hall–Kier alpha value is -1.59. The SMILES string of the molecule is CCNCC(=O)Nc1ccccc1N1CCOCC1. The van der Waals surface area contributed by atoms with Gasteiger partial charge >= 0.3 is 0 Å². The highest BCUT2D eigenvalue weighted by atomic mass is 16.5. The molecule has 0 radical (unpaired) electrons. The third-order valence-corrected chi connectivity index (χ3v) is 3.07. The monoisotopic (exact) mass is 263 g/mol. The van der Waals surface area contributed by atoms with Crippen LogP contribution in [0.3, 0.4) is 0 Å². The number of amides is 1. The number of nitrogens with one attached hydrogen (secondary N) is 2. The summed E-state index contributed by atoms with van der Waals surface area (Å²) in [6.07, 6.45) is 0. The molecule has 1 heterocycles. The van der Waals surface area contributed by atoms with Gasteiger partial charge in [0.25, 0.3) is 0 Å². The molecule has 1 aromatic rings. The van der Waals surface area contributed by atoms with Gasteiger partial charge in [-0.2, -0.15) is 0 Å². The number of carbonyl (C=O) groups excluding carboxylic acids is 1. The van der Waals surface area contributed by atoms with Crippen LogP contribution in [0.15, 0.2) is 24.3 Å². The molecule has 1 aromatic carbocycles. The number of hydrogen-bond donors (Lipinski definition) is 2. The Morgan fingerprint density at radius 2 is 2.05 bits per heavy atom. The summed E-state index contributed by atoms with van der Waals surface area (Å²) in [5.74, 6) is -0.0115. The van der Waals surface area contributed by atoms with Crippen molar-refractivity contribution in [1.29, 1.82) is 0 Å². The van der Waals surface area contributed by atoms with E-state index < -0.39 is 0 Å². The van der Waals surface area contributed by atoms with Crippen molar-refractivity contribution in [2.45, 2.75) is 6.92 Å². The molecule has 1 amide bonds. The van der Waals surface area contributed by atoms with Crippen LogP contribution in [-0.2, 0) is 9.53 Å². The maximum Gasteiger partial charge on any atom is 0.238 e. The minimum absolute atomic E-state index is 0.0115. The standard InChI is InChI=1S/C14H21N3O2/c1-2-15-11-14(18)16-12-5-3-4-6-13(12)17-7-9-19-10-8-17/h3-6,15H,2,7-11H2,1H3,(H,16,18). The largest absolute Gasteiger partial charge is 0.378 e. The van der Waals surface area contributed by atoms with Gasteiger partial charge in [-0.05, 0) is 18.7 Å². The van der Waals surface area contributed by atoms with Gasteiger partial charge in [0, 0.05) is 13.1 Å². The van der Waals surface area contributed by atoms with Crippen LogP contribution in [0.2, 0.25) is 0 Å². The maximum absolute atomic E-state index is 11.8. The first-order valence-electron chi connectivity index (χ1n) is 6.73. The van der Waals surface area contributed by atoms with Crippen molar-refractivity contribution >= 4 is 17.3 Å². The lowest BCUT2D eigenvalue weighted by Crippen LogP contribution is -2.37. The van der Waals surface area contributed by atoms with Crippen molar-refractivity contribution in [3.05, 3.63) is 24.3 Å². The second-order valence-electron chi connectivity index (χ2n) is 4.45. The Labute approximate surface area is 113 Å². The van der Waals surface area contributed by atoms with E-state index in [1.807, 2.05) is 31.2 Å². The third-order valence-electron chi connectivity index (χ3n) is 3.07. The zero-order valence-corrected chi connectivity index (χ0v) is 11.3. The molecule has 0 atom stereocenters.